The summed E-state index contributed by atoms with van der Waals surface area (Å²) in [4.78, 5) is 2.57. The zero-order chi connectivity index (χ0) is 10.9. The summed E-state index contributed by atoms with van der Waals surface area (Å²) in [6.45, 7) is 4.64. The maximum Gasteiger partial charge on any atom is 0.0705 e. The molecule has 1 atom stereocenters. The summed E-state index contributed by atoms with van der Waals surface area (Å²) in [5.74, 6) is 0. The van der Waals surface area contributed by atoms with Crippen molar-refractivity contribution in [2.75, 3.05) is 6.54 Å². The van der Waals surface area contributed by atoms with Crippen LogP contribution in [-0.2, 0) is 6.54 Å². The minimum Gasteiger partial charge on any atom is -0.285 e. The second-order valence-electron chi connectivity index (χ2n) is 4.29. The molecule has 1 fully saturated rings. The van der Waals surface area contributed by atoms with Gasteiger partial charge < -0.3 is 0 Å². The second kappa shape index (κ2) is 4.72. The van der Waals surface area contributed by atoms with E-state index in [-0.39, 0.29) is 0 Å². The van der Waals surface area contributed by atoms with Gasteiger partial charge in [0.2, 0.25) is 0 Å². The fourth-order valence-corrected chi connectivity index (χ4v) is 3.10. The summed E-state index contributed by atoms with van der Waals surface area (Å²) >= 11 is 6.04. The van der Waals surface area contributed by atoms with Crippen LogP contribution in [0.4, 0.5) is 0 Å². The molecule has 0 aromatic heterocycles. The van der Waals surface area contributed by atoms with E-state index >= 15 is 0 Å². The molecule has 1 unspecified atom stereocenters. The van der Waals surface area contributed by atoms with Gasteiger partial charge in [-0.2, -0.15) is 0 Å². The number of rotatable bonds is 2. The Labute approximate surface area is 114 Å². The number of hydrogen-bond donors (Lipinski definition) is 0. The van der Waals surface area contributed by atoms with Crippen molar-refractivity contribution in [3.8, 4) is 0 Å². The second-order valence-corrected chi connectivity index (χ2v) is 7.53. The average molecular weight is 380 g/mol. The molecule has 0 amide bonds. The minimum atomic E-state index is 0.352. The van der Waals surface area contributed by atoms with Gasteiger partial charge in [-0.3, -0.25) is 4.90 Å². The lowest BCUT2D eigenvalue weighted by Crippen LogP contribution is -2.34. The Balaban J connectivity index is 2.06. The van der Waals surface area contributed by atoms with Crippen LogP contribution in [-0.4, -0.2) is 15.0 Å². The maximum absolute atomic E-state index is 3.47. The fourth-order valence-electron chi connectivity index (χ4n) is 2.04. The van der Waals surface area contributed by atoms with Crippen LogP contribution in [0, 0.1) is 0 Å². The summed E-state index contributed by atoms with van der Waals surface area (Å²) in [7, 11) is 0. The summed E-state index contributed by atoms with van der Waals surface area (Å²) in [6, 6.07) is 8.65. The molecule has 0 spiro atoms. The van der Waals surface area contributed by atoms with Crippen LogP contribution >= 0.6 is 38.5 Å². The van der Waals surface area contributed by atoms with Crippen LogP contribution in [0.15, 0.2) is 28.7 Å². The van der Waals surface area contributed by atoms with Crippen molar-refractivity contribution in [1.29, 1.82) is 0 Å². The quantitative estimate of drug-likeness (QED) is 0.423. The summed E-state index contributed by atoms with van der Waals surface area (Å²) < 4.78 is 1.51. The number of hydrogen-bond acceptors (Lipinski definition) is 1. The van der Waals surface area contributed by atoms with Crippen molar-refractivity contribution in [3.63, 3.8) is 0 Å². The first-order chi connectivity index (χ1) is 7.08. The first-order valence-electron chi connectivity index (χ1n) is 5.26. The Kier molecular flexibility index (Phi) is 3.73. The third-order valence-corrected chi connectivity index (χ3v) is 4.76. The highest BCUT2D eigenvalue weighted by atomic mass is 127. The van der Waals surface area contributed by atoms with Crippen LogP contribution in [0.3, 0.4) is 0 Å². The molecule has 0 radical (unpaired) electrons. The van der Waals surface area contributed by atoms with E-state index in [0.29, 0.717) is 3.55 Å². The molecular weight excluding hydrogens is 365 g/mol. The Hall–Kier alpha value is 0.390. The van der Waals surface area contributed by atoms with Crippen molar-refractivity contribution in [1.82, 2.24) is 4.90 Å². The molecule has 1 nitrogen and oxygen atoms in total. The molecule has 3 heteroatoms. The van der Waals surface area contributed by atoms with E-state index in [9.17, 15) is 0 Å². The molecule has 0 aliphatic carbocycles. The number of alkyl halides is 1. The molecule has 2 rings (SSSR count). The molecule has 1 aromatic carbocycles. The van der Waals surface area contributed by atoms with Crippen molar-refractivity contribution >= 4 is 38.5 Å². The highest BCUT2D eigenvalue weighted by Gasteiger charge is 2.33. The lowest BCUT2D eigenvalue weighted by Gasteiger charge is -2.29. The third kappa shape index (κ3) is 2.94. The van der Waals surface area contributed by atoms with E-state index in [1.54, 1.807) is 0 Å². The largest absolute Gasteiger partial charge is 0.285 e. The lowest BCUT2D eigenvalue weighted by molar-refractivity contribution is 0.247. The molecule has 0 N–H and O–H groups in total. The van der Waals surface area contributed by atoms with Crippen molar-refractivity contribution in [2.45, 2.75) is 29.9 Å². The molecule has 1 saturated heterocycles. The van der Waals surface area contributed by atoms with Gasteiger partial charge in [-0.05, 0) is 44.0 Å². The van der Waals surface area contributed by atoms with E-state index in [1.807, 2.05) is 0 Å². The van der Waals surface area contributed by atoms with Crippen LogP contribution in [0.1, 0.15) is 25.3 Å². The Morgan fingerprint density at radius 2 is 2.07 bits per heavy atom. The number of halogens is 2. The topological polar surface area (TPSA) is 3.24 Å². The highest BCUT2D eigenvalue weighted by molar-refractivity contribution is 14.1. The molecule has 15 heavy (non-hydrogen) atoms. The predicted octanol–water partition coefficient (Wildman–Crippen LogP) is 4.20. The fraction of sp³-hybridized carbons (Fsp3) is 0.500. The molecule has 1 heterocycles. The van der Waals surface area contributed by atoms with E-state index in [0.717, 1.165) is 11.0 Å². The van der Waals surface area contributed by atoms with Gasteiger partial charge in [0, 0.05) is 11.0 Å². The first kappa shape index (κ1) is 11.9. The van der Waals surface area contributed by atoms with Crippen molar-refractivity contribution < 1.29 is 0 Å². The van der Waals surface area contributed by atoms with Gasteiger partial charge in [0.25, 0.3) is 0 Å². The monoisotopic (exact) mass is 379 g/mol. The summed E-state index contributed by atoms with van der Waals surface area (Å²) in [5.41, 5.74) is 1.41. The Bertz CT molecular complexity index is 334. The van der Waals surface area contributed by atoms with Crippen molar-refractivity contribution in [3.05, 3.63) is 34.3 Å². The van der Waals surface area contributed by atoms with Gasteiger partial charge in [-0.15, -0.1) is 0 Å². The Morgan fingerprint density at radius 1 is 1.40 bits per heavy atom. The van der Waals surface area contributed by atoms with Gasteiger partial charge in [0.05, 0.1) is 3.55 Å². The first-order valence-corrected chi connectivity index (χ1v) is 7.13. The van der Waals surface area contributed by atoms with Crippen molar-refractivity contribution in [2.24, 2.45) is 0 Å². The molecule has 1 aromatic rings. The van der Waals surface area contributed by atoms with Gasteiger partial charge in [0.15, 0.2) is 0 Å². The smallest absolute Gasteiger partial charge is 0.0705 e. The molecule has 1 aliphatic rings. The van der Waals surface area contributed by atoms with Gasteiger partial charge >= 0.3 is 0 Å². The van der Waals surface area contributed by atoms with E-state index in [1.165, 1.54) is 24.9 Å². The van der Waals surface area contributed by atoms with Gasteiger partial charge in [-0.25, -0.2) is 0 Å². The summed E-state index contributed by atoms with van der Waals surface area (Å²) in [6.07, 6.45) is 2.64. The zero-order valence-corrected chi connectivity index (χ0v) is 12.6. The molecule has 0 saturated carbocycles. The van der Waals surface area contributed by atoms with Gasteiger partial charge in [0.1, 0.15) is 0 Å². The van der Waals surface area contributed by atoms with Crippen LogP contribution in [0.5, 0.6) is 0 Å². The molecule has 82 valence electrons. The maximum atomic E-state index is 3.47. The zero-order valence-electron chi connectivity index (χ0n) is 8.84. The highest BCUT2D eigenvalue weighted by Crippen LogP contribution is 2.36. The van der Waals surface area contributed by atoms with E-state index < -0.39 is 0 Å². The van der Waals surface area contributed by atoms with Gasteiger partial charge in [-0.1, -0.05) is 50.7 Å². The molecular formula is C12H15BrIN. The normalized spacial score (nSPS) is 27.1. The average Bonchev–Trinajstić information content (AvgIpc) is 2.50. The standard InChI is InChI=1S/C12H15BrIN/c1-12(14)7-2-8-15(12)9-10-3-5-11(13)6-4-10/h3-6H,2,7-9H2,1H3. The number of nitrogens with zero attached hydrogens (tertiary/aromatic N) is 1. The Morgan fingerprint density at radius 3 is 2.60 bits per heavy atom. The number of benzene rings is 1. The van der Waals surface area contributed by atoms with E-state index in [4.69, 9.17) is 0 Å². The molecule has 1 aliphatic heterocycles. The van der Waals surface area contributed by atoms with E-state index in [2.05, 4.69) is 74.6 Å². The SMILES string of the molecule is CC1(I)CCCN1Cc1ccc(Br)cc1. The minimum absolute atomic E-state index is 0.352. The van der Waals surface area contributed by atoms with Crippen LogP contribution in [0.2, 0.25) is 0 Å². The van der Waals surface area contributed by atoms with Crippen LogP contribution in [0.25, 0.3) is 0 Å². The number of likely N-dealkylation sites (tertiary alicyclic amines) is 1. The lowest BCUT2D eigenvalue weighted by atomic mass is 10.2. The predicted molar refractivity (Wildman–Crippen MR) is 76.2 cm³/mol. The third-order valence-electron chi connectivity index (χ3n) is 3.01. The summed E-state index contributed by atoms with van der Waals surface area (Å²) in [5, 5.41) is 0. The van der Waals surface area contributed by atoms with Crippen LogP contribution < -0.4 is 0 Å². The molecule has 0 bridgehead atoms.